The number of likely N-dealkylation sites (N-methyl/N-ethyl adjacent to an activating group) is 1. The first-order valence-corrected chi connectivity index (χ1v) is 16.7. The van der Waals surface area contributed by atoms with E-state index >= 15 is 0 Å². The molecule has 1 aromatic heterocycles. The number of halogens is 2. The van der Waals surface area contributed by atoms with Gasteiger partial charge in [0, 0.05) is 54.4 Å². The Morgan fingerprint density at radius 2 is 1.74 bits per heavy atom. The highest BCUT2D eigenvalue weighted by Gasteiger charge is 2.36. The molecule has 0 fully saturated rings. The van der Waals surface area contributed by atoms with Crippen molar-refractivity contribution in [1.29, 1.82) is 0 Å². The van der Waals surface area contributed by atoms with Crippen LogP contribution in [-0.4, -0.2) is 68.4 Å². The summed E-state index contributed by atoms with van der Waals surface area (Å²) in [5, 5.41) is 10.9. The van der Waals surface area contributed by atoms with Gasteiger partial charge in [-0.25, -0.2) is 4.39 Å². The molecule has 2 heterocycles. The first-order chi connectivity index (χ1) is 22.3. The molecule has 11 heteroatoms. The number of carbonyl (C=O) groups is 2. The fourth-order valence-electron chi connectivity index (χ4n) is 5.28. The number of hydrogen-bond donors (Lipinski definition) is 2. The minimum Gasteiger partial charge on any atom is -0.339 e. The number of thioether (sulfide) groups is 1. The maximum atomic E-state index is 14.0. The molecular formula is C35H38ClFN6O2S. The molecule has 2 N–H and O–H groups in total. The van der Waals surface area contributed by atoms with Crippen molar-refractivity contribution >= 4 is 35.2 Å². The third kappa shape index (κ3) is 8.57. The molecule has 1 aliphatic rings. The number of benzene rings is 3. The van der Waals surface area contributed by atoms with Gasteiger partial charge in [0.15, 0.2) is 5.50 Å². The van der Waals surface area contributed by atoms with E-state index in [1.165, 1.54) is 30.0 Å². The van der Waals surface area contributed by atoms with Crippen LogP contribution in [0.15, 0.2) is 97.5 Å². The Balaban J connectivity index is 1.35. The van der Waals surface area contributed by atoms with Crippen LogP contribution in [0.1, 0.15) is 36.6 Å². The predicted molar refractivity (Wildman–Crippen MR) is 182 cm³/mol. The number of amides is 2. The van der Waals surface area contributed by atoms with E-state index in [0.717, 1.165) is 34.4 Å². The van der Waals surface area contributed by atoms with Crippen LogP contribution in [0, 0.1) is 5.82 Å². The van der Waals surface area contributed by atoms with Crippen LogP contribution >= 0.6 is 23.4 Å². The van der Waals surface area contributed by atoms with Gasteiger partial charge in [0.2, 0.25) is 5.91 Å². The zero-order valence-electron chi connectivity index (χ0n) is 25.9. The lowest BCUT2D eigenvalue weighted by Crippen LogP contribution is -2.53. The number of rotatable bonds is 14. The fraction of sp³-hybridized carbons (Fsp3) is 0.286. The van der Waals surface area contributed by atoms with Crippen LogP contribution in [-0.2, 0) is 21.9 Å². The summed E-state index contributed by atoms with van der Waals surface area (Å²) in [5.74, 6) is 0.0140. The number of hydrogen-bond acceptors (Lipinski definition) is 6. The van der Waals surface area contributed by atoms with E-state index in [9.17, 15) is 14.0 Å². The molecule has 2 atom stereocenters. The second-order valence-electron chi connectivity index (χ2n) is 11.1. The molecule has 4 aromatic rings. The van der Waals surface area contributed by atoms with Crippen LogP contribution < -0.4 is 5.32 Å². The largest absolute Gasteiger partial charge is 0.339 e. The standard InChI is InChI=1S/C35H38ClFN6O2S/c1-3-38-17-19-41(22-26-4-8-28(9-5-26)29-10-12-31(36)13-11-29)34(45)23-42-18-16-33(44)43(25(2)30-20-39-40-21-30)35(42)46-24-27-6-14-32(37)15-7-27/h4-16,18,20-21,25,35,38H,3,17,19,22-24H2,1-2H3,(H,39,40). The maximum Gasteiger partial charge on any atom is 0.250 e. The van der Waals surface area contributed by atoms with Crippen LogP contribution in [0.4, 0.5) is 4.39 Å². The van der Waals surface area contributed by atoms with Crippen molar-refractivity contribution in [2.75, 3.05) is 26.2 Å². The van der Waals surface area contributed by atoms with Crippen LogP contribution in [0.3, 0.4) is 0 Å². The lowest BCUT2D eigenvalue weighted by Gasteiger charge is -2.44. The number of H-pyrrole nitrogens is 1. The molecule has 3 aromatic carbocycles. The lowest BCUT2D eigenvalue weighted by molar-refractivity contribution is -0.138. The fourth-order valence-corrected chi connectivity index (χ4v) is 6.73. The molecule has 0 saturated heterocycles. The monoisotopic (exact) mass is 660 g/mol. The molecule has 5 rings (SSSR count). The average Bonchev–Trinajstić information content (AvgIpc) is 3.61. The number of carbonyl (C=O) groups excluding carboxylic acids is 2. The van der Waals surface area contributed by atoms with E-state index < -0.39 is 5.50 Å². The Hall–Kier alpha value is -4.12. The van der Waals surface area contributed by atoms with Gasteiger partial charge in [-0.3, -0.25) is 14.7 Å². The number of aromatic nitrogens is 2. The van der Waals surface area contributed by atoms with Gasteiger partial charge in [0.1, 0.15) is 5.82 Å². The summed E-state index contributed by atoms with van der Waals surface area (Å²) >= 11 is 7.58. The molecule has 0 radical (unpaired) electrons. The first kappa shape index (κ1) is 33.2. The minimum absolute atomic E-state index is 0.0537. The van der Waals surface area contributed by atoms with Gasteiger partial charge in [-0.05, 0) is 60.0 Å². The third-order valence-electron chi connectivity index (χ3n) is 7.90. The van der Waals surface area contributed by atoms with Gasteiger partial charge in [-0.1, -0.05) is 67.1 Å². The highest BCUT2D eigenvalue weighted by atomic mass is 35.5. The lowest BCUT2D eigenvalue weighted by atomic mass is 10.0. The van der Waals surface area contributed by atoms with Gasteiger partial charge in [-0.2, -0.15) is 5.10 Å². The SMILES string of the molecule is CCNCCN(Cc1ccc(-c2ccc(Cl)cc2)cc1)C(=O)CN1C=CC(=O)N(C(C)c2cn[nH]c2)C1SCc1ccc(F)cc1. The van der Waals surface area contributed by atoms with Crippen molar-refractivity contribution in [2.24, 2.45) is 0 Å². The number of aromatic amines is 1. The summed E-state index contributed by atoms with van der Waals surface area (Å²) in [5.41, 5.74) is 4.46. The average molecular weight is 661 g/mol. The number of nitrogens with one attached hydrogen (secondary N) is 2. The molecule has 0 saturated carbocycles. The topological polar surface area (TPSA) is 84.6 Å². The molecule has 2 unspecified atom stereocenters. The van der Waals surface area contributed by atoms with E-state index in [2.05, 4.69) is 27.6 Å². The molecular weight excluding hydrogens is 623 g/mol. The molecule has 240 valence electrons. The van der Waals surface area contributed by atoms with Crippen molar-refractivity contribution < 1.29 is 14.0 Å². The molecule has 2 amide bonds. The summed E-state index contributed by atoms with van der Waals surface area (Å²) in [7, 11) is 0. The second kappa shape index (κ2) is 15.9. The van der Waals surface area contributed by atoms with Gasteiger partial charge in [0.25, 0.3) is 5.91 Å². The van der Waals surface area contributed by atoms with Crippen molar-refractivity contribution in [1.82, 2.24) is 30.2 Å². The van der Waals surface area contributed by atoms with Crippen molar-refractivity contribution in [3.8, 4) is 11.1 Å². The van der Waals surface area contributed by atoms with E-state index in [1.54, 1.807) is 35.6 Å². The summed E-state index contributed by atoms with van der Waals surface area (Å²) in [6.07, 6.45) is 6.70. The molecule has 0 bridgehead atoms. The van der Waals surface area contributed by atoms with Gasteiger partial charge < -0.3 is 20.0 Å². The Morgan fingerprint density at radius 1 is 1.07 bits per heavy atom. The minimum atomic E-state index is -0.481. The van der Waals surface area contributed by atoms with Gasteiger partial charge >= 0.3 is 0 Å². The third-order valence-corrected chi connectivity index (χ3v) is 9.45. The van der Waals surface area contributed by atoms with Crippen LogP contribution in [0.25, 0.3) is 11.1 Å². The van der Waals surface area contributed by atoms with E-state index in [1.807, 2.05) is 60.0 Å². The Kier molecular flexibility index (Phi) is 11.5. The molecule has 1 aliphatic heterocycles. The second-order valence-corrected chi connectivity index (χ2v) is 12.6. The number of nitrogens with zero attached hydrogens (tertiary/aromatic N) is 4. The predicted octanol–water partition coefficient (Wildman–Crippen LogP) is 6.44. The van der Waals surface area contributed by atoms with Gasteiger partial charge in [0.05, 0.1) is 18.8 Å². The zero-order chi connectivity index (χ0) is 32.5. The summed E-state index contributed by atoms with van der Waals surface area (Å²) in [6, 6.07) is 22.0. The quantitative estimate of drug-likeness (QED) is 0.151. The van der Waals surface area contributed by atoms with E-state index in [-0.39, 0.29) is 30.2 Å². The first-order valence-electron chi connectivity index (χ1n) is 15.3. The van der Waals surface area contributed by atoms with Gasteiger partial charge in [-0.15, -0.1) is 11.8 Å². The van der Waals surface area contributed by atoms with Crippen LogP contribution in [0.5, 0.6) is 0 Å². The Bertz CT molecular complexity index is 1600. The van der Waals surface area contributed by atoms with Crippen molar-refractivity contribution in [2.45, 2.75) is 37.7 Å². The smallest absolute Gasteiger partial charge is 0.250 e. The molecule has 0 spiro atoms. The summed E-state index contributed by atoms with van der Waals surface area (Å²) < 4.78 is 13.6. The van der Waals surface area contributed by atoms with Crippen molar-refractivity contribution in [3.05, 3.63) is 125 Å². The summed E-state index contributed by atoms with van der Waals surface area (Å²) in [4.78, 5) is 32.9. The van der Waals surface area contributed by atoms with E-state index in [0.29, 0.717) is 30.4 Å². The maximum absolute atomic E-state index is 14.0. The zero-order valence-corrected chi connectivity index (χ0v) is 27.5. The Morgan fingerprint density at radius 3 is 2.39 bits per heavy atom. The highest BCUT2D eigenvalue weighted by Crippen LogP contribution is 2.34. The molecule has 0 aliphatic carbocycles. The summed E-state index contributed by atoms with van der Waals surface area (Å²) in [6.45, 7) is 6.51. The molecule has 46 heavy (non-hydrogen) atoms. The van der Waals surface area contributed by atoms with E-state index in [4.69, 9.17) is 11.6 Å². The van der Waals surface area contributed by atoms with Crippen molar-refractivity contribution in [3.63, 3.8) is 0 Å². The Labute approximate surface area is 278 Å². The van der Waals surface area contributed by atoms with Crippen LogP contribution in [0.2, 0.25) is 5.02 Å². The molecule has 8 nitrogen and oxygen atoms in total. The highest BCUT2D eigenvalue weighted by molar-refractivity contribution is 7.99. The normalized spacial score (nSPS) is 15.3.